The Kier molecular flexibility index (Phi) is 9.45. The third kappa shape index (κ3) is 5.07. The fourth-order valence-corrected chi connectivity index (χ4v) is 56.1. The second-order valence-corrected chi connectivity index (χ2v) is 47.2. The van der Waals surface area contributed by atoms with Gasteiger partial charge in [-0.25, -0.2) is 0 Å². The van der Waals surface area contributed by atoms with Crippen LogP contribution in [0.3, 0.4) is 0 Å². The van der Waals surface area contributed by atoms with Gasteiger partial charge in [0.1, 0.15) is 23.5 Å². The molecule has 10 heteroatoms. The van der Waals surface area contributed by atoms with Crippen molar-refractivity contribution in [3.63, 3.8) is 0 Å². The minimum absolute atomic E-state index is 0.629. The van der Waals surface area contributed by atoms with Gasteiger partial charge < -0.3 is 24.5 Å². The summed E-state index contributed by atoms with van der Waals surface area (Å²) in [4.78, 5) is 0. The van der Waals surface area contributed by atoms with Crippen LogP contribution in [0.4, 0.5) is 0 Å². The predicted molar refractivity (Wildman–Crippen MR) is 234 cm³/mol. The third-order valence-corrected chi connectivity index (χ3v) is 50.7. The Bertz CT molecular complexity index is 1850. The maximum absolute atomic E-state index is 6.09. The lowest BCUT2D eigenvalue weighted by Gasteiger charge is -2.44. The zero-order valence-electron chi connectivity index (χ0n) is 28.0. The molecule has 0 bridgehead atoms. The molecule has 2 heterocycles. The zero-order chi connectivity index (χ0) is 33.1. The average molecular weight is 793 g/mol. The Morgan fingerprint density at radius 2 is 0.783 bits per heavy atom. The van der Waals surface area contributed by atoms with Crippen LogP contribution in [0.15, 0.2) is 48.5 Å². The number of rotatable bonds is 4. The number of aryl methyl sites for hydroxylation is 4. The van der Waals surface area contributed by atoms with E-state index in [0.717, 1.165) is 0 Å². The van der Waals surface area contributed by atoms with E-state index in [1.54, 1.807) is 10.6 Å². The summed E-state index contributed by atoms with van der Waals surface area (Å²) >= 11 is 28.5. The second kappa shape index (κ2) is 12.3. The van der Waals surface area contributed by atoms with Gasteiger partial charge in [-0.1, -0.05) is 36.4 Å². The lowest BCUT2D eigenvalue weighted by Crippen LogP contribution is -2.30. The zero-order valence-corrected chi connectivity index (χ0v) is 36.5. The molecule has 2 aliphatic carbocycles. The molecule has 2 aliphatic heterocycles. The molecular formula is C36H44P4S6. The molecule has 0 radical (unpaired) electrons. The van der Waals surface area contributed by atoms with Gasteiger partial charge in [0.2, 0.25) is 0 Å². The fourth-order valence-electron chi connectivity index (χ4n) is 8.84. The molecule has 2 atom stereocenters. The molecule has 244 valence electrons. The highest BCUT2D eigenvalue weighted by molar-refractivity contribution is 9.11. The highest BCUT2D eigenvalue weighted by atomic mass is 33.4. The molecule has 0 aromatic heterocycles. The van der Waals surface area contributed by atoms with Crippen LogP contribution in [0.5, 0.6) is 0 Å². The van der Waals surface area contributed by atoms with Crippen molar-refractivity contribution in [3.05, 3.63) is 70.8 Å². The quantitative estimate of drug-likeness (QED) is 0.148. The number of hydrogen-bond acceptors (Lipinski definition) is 6. The first-order chi connectivity index (χ1) is 21.6. The molecule has 0 amide bonds. The smallest absolute Gasteiger partial charge is 0.115 e. The van der Waals surface area contributed by atoms with Crippen LogP contribution in [0.2, 0.25) is 0 Å². The van der Waals surface area contributed by atoms with Crippen LogP contribution in [-0.2, 0) is 73.8 Å². The third-order valence-electron chi connectivity index (χ3n) is 10.8. The molecule has 0 fully saturated rings. The molecule has 0 spiro atoms. The Labute approximate surface area is 306 Å². The van der Waals surface area contributed by atoms with Crippen LogP contribution < -0.4 is 21.2 Å². The van der Waals surface area contributed by atoms with E-state index < -0.39 is 21.8 Å². The second-order valence-electron chi connectivity index (χ2n) is 14.4. The van der Waals surface area contributed by atoms with Crippen molar-refractivity contribution in [3.8, 4) is 0 Å². The number of hydrogen-bond donors (Lipinski definition) is 0. The van der Waals surface area contributed by atoms with Crippen molar-refractivity contribution in [2.75, 3.05) is 0 Å². The van der Waals surface area contributed by atoms with Gasteiger partial charge in [0.15, 0.2) is 0 Å². The minimum atomic E-state index is -1.95. The summed E-state index contributed by atoms with van der Waals surface area (Å²) in [7, 11) is 0. The lowest BCUT2D eigenvalue weighted by molar-refractivity contribution is 1.01. The first kappa shape index (κ1) is 35.4. The van der Waals surface area contributed by atoms with E-state index >= 15 is 0 Å². The fraction of sp³-hybridized carbons (Fsp3) is 0.444. The molecule has 46 heavy (non-hydrogen) atoms. The van der Waals surface area contributed by atoms with Crippen molar-refractivity contribution in [1.82, 2.24) is 0 Å². The molecule has 4 aliphatic rings. The predicted octanol–water partition coefficient (Wildman–Crippen LogP) is 11.1. The summed E-state index contributed by atoms with van der Waals surface area (Å²) in [5.74, 6) is 0. The topological polar surface area (TPSA) is 0 Å². The van der Waals surface area contributed by atoms with Crippen molar-refractivity contribution in [2.24, 2.45) is 0 Å². The summed E-state index contributed by atoms with van der Waals surface area (Å²) in [5.41, 5.74) is 8.58. The Morgan fingerprint density at radius 1 is 0.500 bits per heavy atom. The summed E-state index contributed by atoms with van der Waals surface area (Å²) in [6.45, 7) is 16.3. The average Bonchev–Trinajstić information content (AvgIpc) is 3.61. The van der Waals surface area contributed by atoms with Gasteiger partial charge in [0, 0.05) is 32.8 Å². The molecule has 0 N–H and O–H groups in total. The largest absolute Gasteiger partial charge is 0.728 e. The van der Waals surface area contributed by atoms with E-state index in [4.69, 9.17) is 48.1 Å². The maximum atomic E-state index is 6.09. The molecule has 8 rings (SSSR count). The standard InChI is InChI=1S/2C18H22P2S3/c2*1-11(2)19(12(3)4)15-9-7-13-5-6-14-8-10-16(18(15)17(13)14)20(21,22)23-19/h2*7-12H,5-6H2,1-4H3. The summed E-state index contributed by atoms with van der Waals surface area (Å²) < 4.78 is -3.91. The summed E-state index contributed by atoms with van der Waals surface area (Å²) in [6.07, 6.45) is 4.71. The van der Waals surface area contributed by atoms with E-state index in [1.807, 2.05) is 0 Å². The normalized spacial score (nSPS) is 24.8. The molecule has 4 aromatic carbocycles. The first-order valence-corrected chi connectivity index (χ1v) is 32.1. The highest BCUT2D eigenvalue weighted by Crippen LogP contribution is 2.89. The van der Waals surface area contributed by atoms with Gasteiger partial charge in [0.05, 0.1) is 22.6 Å². The molecule has 0 saturated carbocycles. The van der Waals surface area contributed by atoms with Crippen molar-refractivity contribution in [1.29, 1.82) is 0 Å². The minimum Gasteiger partial charge on any atom is -0.728 e. The molecule has 0 saturated heterocycles. The van der Waals surface area contributed by atoms with Gasteiger partial charge in [-0.3, -0.25) is 0 Å². The Balaban J connectivity index is 0.000000147. The van der Waals surface area contributed by atoms with Gasteiger partial charge in [-0.15, -0.1) is 23.6 Å². The van der Waals surface area contributed by atoms with Crippen molar-refractivity contribution < 1.29 is 0 Å². The lowest BCUT2D eigenvalue weighted by atomic mass is 10.1. The van der Waals surface area contributed by atoms with Crippen LogP contribution in [0, 0.1) is 0 Å². The Hall–Kier alpha value is 0.960. The van der Waals surface area contributed by atoms with Crippen LogP contribution >= 0.6 is 43.8 Å². The van der Waals surface area contributed by atoms with Crippen molar-refractivity contribution >= 4 is 135 Å². The van der Waals surface area contributed by atoms with E-state index in [-0.39, 0.29) is 0 Å². The van der Waals surface area contributed by atoms with E-state index in [2.05, 4.69) is 126 Å². The van der Waals surface area contributed by atoms with Crippen LogP contribution in [0.25, 0.3) is 21.5 Å². The van der Waals surface area contributed by atoms with Gasteiger partial charge in [-0.2, -0.15) is 0 Å². The Morgan fingerprint density at radius 3 is 1.07 bits per heavy atom. The van der Waals surface area contributed by atoms with E-state index in [9.17, 15) is 0 Å². The monoisotopic (exact) mass is 792 g/mol. The summed E-state index contributed by atoms with van der Waals surface area (Å²) in [5, 5.41) is 11.9. The first-order valence-electron chi connectivity index (χ1n) is 16.6. The molecule has 4 aromatic rings. The van der Waals surface area contributed by atoms with Crippen molar-refractivity contribution in [2.45, 2.75) is 104 Å². The SMILES string of the molecule is CC(C)[P+]1(C(C)C)SP(=S)([S-])c2ccc3c4c(ccc1c24)CC3.CC(C)[P+]1(C(C)C)SP(=S)([S-])c2ccc3c4c(ccc1c24)CC3. The van der Waals surface area contributed by atoms with Gasteiger partial charge >= 0.3 is 0 Å². The molecular weight excluding hydrogens is 749 g/mol. The number of benzene rings is 4. The van der Waals surface area contributed by atoms with Gasteiger partial charge in [0.25, 0.3) is 0 Å². The molecule has 2 unspecified atom stereocenters. The maximum Gasteiger partial charge on any atom is 0.115 e. The summed E-state index contributed by atoms with van der Waals surface area (Å²) in [6, 6.07) is 18.9. The van der Waals surface area contributed by atoms with Crippen LogP contribution in [-0.4, -0.2) is 22.6 Å². The van der Waals surface area contributed by atoms with Crippen LogP contribution in [0.1, 0.15) is 77.6 Å². The molecule has 0 nitrogen and oxygen atoms in total. The van der Waals surface area contributed by atoms with Gasteiger partial charge in [-0.05, 0) is 146 Å². The van der Waals surface area contributed by atoms with E-state index in [0.29, 0.717) is 22.6 Å². The van der Waals surface area contributed by atoms with E-state index in [1.165, 1.54) is 80.1 Å². The highest BCUT2D eigenvalue weighted by Gasteiger charge is 2.55.